The summed E-state index contributed by atoms with van der Waals surface area (Å²) in [6.07, 6.45) is 4.30. The number of hydrogen-bond donors (Lipinski definition) is 2. The summed E-state index contributed by atoms with van der Waals surface area (Å²) in [6, 6.07) is 0.188. The van der Waals surface area contributed by atoms with Crippen molar-refractivity contribution < 1.29 is 9.90 Å². The molecular weight excluding hydrogens is 204 g/mol. The molecule has 4 heteroatoms. The van der Waals surface area contributed by atoms with Crippen LogP contribution in [0.25, 0.3) is 0 Å². The molecule has 1 rings (SSSR count). The summed E-state index contributed by atoms with van der Waals surface area (Å²) in [4.78, 5) is 13.7. The molecule has 1 fully saturated rings. The Morgan fingerprint density at radius 1 is 1.50 bits per heavy atom. The third-order valence-corrected chi connectivity index (χ3v) is 3.28. The van der Waals surface area contributed by atoms with E-state index in [1.165, 1.54) is 0 Å². The van der Waals surface area contributed by atoms with Gasteiger partial charge in [-0.2, -0.15) is 0 Å². The van der Waals surface area contributed by atoms with Gasteiger partial charge in [0.1, 0.15) is 0 Å². The van der Waals surface area contributed by atoms with Gasteiger partial charge in [0.05, 0.1) is 0 Å². The van der Waals surface area contributed by atoms with Crippen LogP contribution in [-0.2, 0) is 4.79 Å². The topological polar surface area (TPSA) is 66.6 Å². The lowest BCUT2D eigenvalue weighted by molar-refractivity contribution is -0.132. The van der Waals surface area contributed by atoms with Crippen LogP contribution in [0.15, 0.2) is 0 Å². The van der Waals surface area contributed by atoms with Crippen molar-refractivity contribution in [1.29, 1.82) is 0 Å². The first-order valence-electron chi connectivity index (χ1n) is 6.27. The molecule has 1 atom stereocenters. The highest BCUT2D eigenvalue weighted by Gasteiger charge is 2.21. The standard InChI is InChI=1S/C12H24N2O2/c1-10(13)3-2-4-12(16)14-7-5-11(9-15)6-8-14/h10-11,15H,2-9,13H2,1H3. The van der Waals surface area contributed by atoms with Crippen LogP contribution in [0.2, 0.25) is 0 Å². The summed E-state index contributed by atoms with van der Waals surface area (Å²) in [5.74, 6) is 0.644. The van der Waals surface area contributed by atoms with E-state index < -0.39 is 0 Å². The van der Waals surface area contributed by atoms with E-state index in [0.717, 1.165) is 38.8 Å². The summed E-state index contributed by atoms with van der Waals surface area (Å²) in [5.41, 5.74) is 5.64. The Kier molecular flexibility index (Phi) is 5.77. The van der Waals surface area contributed by atoms with Crippen LogP contribution < -0.4 is 5.73 Å². The van der Waals surface area contributed by atoms with Crippen molar-refractivity contribution in [2.24, 2.45) is 11.7 Å². The van der Waals surface area contributed by atoms with Crippen LogP contribution in [0.5, 0.6) is 0 Å². The van der Waals surface area contributed by atoms with Crippen LogP contribution in [0.1, 0.15) is 39.0 Å². The fourth-order valence-electron chi connectivity index (χ4n) is 2.10. The lowest BCUT2D eigenvalue weighted by Crippen LogP contribution is -2.39. The van der Waals surface area contributed by atoms with Crippen LogP contribution in [0.4, 0.5) is 0 Å². The smallest absolute Gasteiger partial charge is 0.222 e. The maximum absolute atomic E-state index is 11.8. The Labute approximate surface area is 97.8 Å². The lowest BCUT2D eigenvalue weighted by atomic mass is 9.97. The fourth-order valence-corrected chi connectivity index (χ4v) is 2.10. The molecule has 1 unspecified atom stereocenters. The quantitative estimate of drug-likeness (QED) is 0.729. The third-order valence-electron chi connectivity index (χ3n) is 3.28. The van der Waals surface area contributed by atoms with Gasteiger partial charge in [-0.25, -0.2) is 0 Å². The largest absolute Gasteiger partial charge is 0.396 e. The van der Waals surface area contributed by atoms with Gasteiger partial charge in [-0.1, -0.05) is 0 Å². The first-order valence-corrected chi connectivity index (χ1v) is 6.27. The maximum Gasteiger partial charge on any atom is 0.222 e. The molecule has 0 radical (unpaired) electrons. The zero-order chi connectivity index (χ0) is 12.0. The molecule has 1 aliphatic heterocycles. The summed E-state index contributed by atoms with van der Waals surface area (Å²) in [5, 5.41) is 9.00. The van der Waals surface area contributed by atoms with E-state index in [9.17, 15) is 4.79 Å². The van der Waals surface area contributed by atoms with Crippen LogP contribution >= 0.6 is 0 Å². The van der Waals surface area contributed by atoms with Gasteiger partial charge in [0, 0.05) is 32.2 Å². The molecule has 0 saturated carbocycles. The molecule has 0 spiro atoms. The number of hydrogen-bond acceptors (Lipinski definition) is 3. The molecule has 0 aromatic heterocycles. The highest BCUT2D eigenvalue weighted by atomic mass is 16.3. The maximum atomic E-state index is 11.8. The molecular formula is C12H24N2O2. The monoisotopic (exact) mass is 228 g/mol. The molecule has 3 N–H and O–H groups in total. The molecule has 0 aromatic rings. The molecule has 0 aliphatic carbocycles. The lowest BCUT2D eigenvalue weighted by Gasteiger charge is -2.31. The first kappa shape index (κ1) is 13.5. The average Bonchev–Trinajstić information content (AvgIpc) is 2.28. The second-order valence-corrected chi connectivity index (χ2v) is 4.88. The van der Waals surface area contributed by atoms with Gasteiger partial charge >= 0.3 is 0 Å². The van der Waals surface area contributed by atoms with Crippen molar-refractivity contribution in [3.8, 4) is 0 Å². The van der Waals surface area contributed by atoms with Gasteiger partial charge in [-0.15, -0.1) is 0 Å². The number of nitrogens with two attached hydrogens (primary N) is 1. The van der Waals surface area contributed by atoms with Gasteiger partial charge in [-0.3, -0.25) is 4.79 Å². The van der Waals surface area contributed by atoms with E-state index in [0.29, 0.717) is 12.3 Å². The zero-order valence-corrected chi connectivity index (χ0v) is 10.2. The number of aliphatic hydroxyl groups excluding tert-OH is 1. The number of carbonyl (C=O) groups is 1. The molecule has 16 heavy (non-hydrogen) atoms. The number of carbonyl (C=O) groups excluding carboxylic acids is 1. The van der Waals surface area contributed by atoms with Crippen molar-refractivity contribution >= 4 is 5.91 Å². The molecule has 0 aromatic carbocycles. The van der Waals surface area contributed by atoms with E-state index in [-0.39, 0.29) is 18.6 Å². The van der Waals surface area contributed by atoms with Gasteiger partial charge < -0.3 is 15.7 Å². The molecule has 1 saturated heterocycles. The van der Waals surface area contributed by atoms with Crippen molar-refractivity contribution in [3.63, 3.8) is 0 Å². The summed E-state index contributed by atoms with van der Waals surface area (Å²) >= 11 is 0. The SMILES string of the molecule is CC(N)CCCC(=O)N1CCC(CO)CC1. The van der Waals surface area contributed by atoms with Crippen LogP contribution in [0, 0.1) is 5.92 Å². The van der Waals surface area contributed by atoms with E-state index in [1.54, 1.807) is 0 Å². The van der Waals surface area contributed by atoms with E-state index in [1.807, 2.05) is 11.8 Å². The third kappa shape index (κ3) is 4.49. The van der Waals surface area contributed by atoms with Crippen LogP contribution in [0.3, 0.4) is 0 Å². The molecule has 1 amide bonds. The number of rotatable bonds is 5. The Bertz CT molecular complexity index is 211. The number of aliphatic hydroxyl groups is 1. The van der Waals surface area contributed by atoms with Crippen molar-refractivity contribution in [1.82, 2.24) is 4.90 Å². The number of nitrogens with zero attached hydrogens (tertiary/aromatic N) is 1. The van der Waals surface area contributed by atoms with Crippen LogP contribution in [-0.4, -0.2) is 41.7 Å². The average molecular weight is 228 g/mol. The van der Waals surface area contributed by atoms with Gasteiger partial charge in [0.2, 0.25) is 5.91 Å². The van der Waals surface area contributed by atoms with Crippen molar-refractivity contribution in [2.45, 2.75) is 45.1 Å². The van der Waals surface area contributed by atoms with Crippen molar-refractivity contribution in [2.75, 3.05) is 19.7 Å². The van der Waals surface area contributed by atoms with Crippen molar-refractivity contribution in [3.05, 3.63) is 0 Å². The second-order valence-electron chi connectivity index (χ2n) is 4.88. The Balaban J connectivity index is 2.18. The highest BCUT2D eigenvalue weighted by molar-refractivity contribution is 5.76. The number of likely N-dealkylation sites (tertiary alicyclic amines) is 1. The van der Waals surface area contributed by atoms with E-state index in [4.69, 9.17) is 10.8 Å². The number of piperidine rings is 1. The predicted octanol–water partition coefficient (Wildman–Crippen LogP) is 0.735. The molecule has 4 nitrogen and oxygen atoms in total. The Hall–Kier alpha value is -0.610. The minimum atomic E-state index is 0.188. The minimum absolute atomic E-state index is 0.188. The predicted molar refractivity (Wildman–Crippen MR) is 63.9 cm³/mol. The highest BCUT2D eigenvalue weighted by Crippen LogP contribution is 2.17. The normalized spacial score (nSPS) is 19.8. The molecule has 94 valence electrons. The van der Waals surface area contributed by atoms with Gasteiger partial charge in [-0.05, 0) is 38.5 Å². The second kappa shape index (κ2) is 6.86. The summed E-state index contributed by atoms with van der Waals surface area (Å²) < 4.78 is 0. The Morgan fingerprint density at radius 3 is 2.62 bits per heavy atom. The van der Waals surface area contributed by atoms with Gasteiger partial charge in [0.15, 0.2) is 0 Å². The molecule has 1 aliphatic rings. The van der Waals surface area contributed by atoms with E-state index in [2.05, 4.69) is 0 Å². The summed E-state index contributed by atoms with van der Waals surface area (Å²) in [6.45, 7) is 3.84. The summed E-state index contributed by atoms with van der Waals surface area (Å²) in [7, 11) is 0. The first-order chi connectivity index (χ1) is 7.63. The van der Waals surface area contributed by atoms with Gasteiger partial charge in [0.25, 0.3) is 0 Å². The van der Waals surface area contributed by atoms with E-state index >= 15 is 0 Å². The minimum Gasteiger partial charge on any atom is -0.396 e. The molecule has 1 heterocycles. The zero-order valence-electron chi connectivity index (χ0n) is 10.2. The molecule has 0 bridgehead atoms. The number of amides is 1. The fraction of sp³-hybridized carbons (Fsp3) is 0.917. The Morgan fingerprint density at radius 2 is 2.12 bits per heavy atom.